The van der Waals surface area contributed by atoms with E-state index in [9.17, 15) is 14.3 Å². The van der Waals surface area contributed by atoms with Crippen LogP contribution in [0.2, 0.25) is 0 Å². The molecule has 2 N–H and O–H groups in total. The summed E-state index contributed by atoms with van der Waals surface area (Å²) in [5.41, 5.74) is 0.216. The van der Waals surface area contributed by atoms with Gasteiger partial charge in [-0.1, -0.05) is 18.2 Å². The zero-order chi connectivity index (χ0) is 14.5. The molecule has 20 heavy (non-hydrogen) atoms. The molecule has 1 aliphatic rings. The van der Waals surface area contributed by atoms with Crippen molar-refractivity contribution < 1.29 is 14.3 Å². The number of nitrogens with zero attached hydrogens (tertiary/aromatic N) is 1. The lowest BCUT2D eigenvalue weighted by atomic mass is 9.97. The van der Waals surface area contributed by atoms with Crippen molar-refractivity contribution in [2.24, 2.45) is 5.92 Å². The molecule has 0 bridgehead atoms. The van der Waals surface area contributed by atoms with Crippen LogP contribution < -0.4 is 5.32 Å². The highest BCUT2D eigenvalue weighted by Crippen LogP contribution is 2.17. The number of benzene rings is 1. The Kier molecular flexibility index (Phi) is 5.09. The van der Waals surface area contributed by atoms with Gasteiger partial charge in [0.15, 0.2) is 0 Å². The van der Waals surface area contributed by atoms with Gasteiger partial charge >= 0.3 is 0 Å². The van der Waals surface area contributed by atoms with Crippen molar-refractivity contribution in [1.82, 2.24) is 10.2 Å². The zero-order valence-electron chi connectivity index (χ0n) is 11.7. The van der Waals surface area contributed by atoms with Crippen LogP contribution >= 0.6 is 0 Å². The van der Waals surface area contributed by atoms with Gasteiger partial charge in [-0.3, -0.25) is 4.79 Å². The maximum absolute atomic E-state index is 13.5. The SMILES string of the molecule is CN1CCCC(C(=O)NCC(O)c2ccccc2F)C1. The molecule has 2 unspecified atom stereocenters. The summed E-state index contributed by atoms with van der Waals surface area (Å²) in [6.45, 7) is 1.79. The van der Waals surface area contributed by atoms with E-state index < -0.39 is 11.9 Å². The number of carbonyl (C=O) groups is 1. The maximum atomic E-state index is 13.5. The minimum absolute atomic E-state index is 0.0402. The summed E-state index contributed by atoms with van der Waals surface area (Å²) in [5, 5.41) is 12.7. The molecule has 2 atom stereocenters. The number of halogens is 1. The molecule has 1 aromatic carbocycles. The van der Waals surface area contributed by atoms with Gasteiger partial charge in [-0.05, 0) is 32.5 Å². The predicted molar refractivity (Wildman–Crippen MR) is 74.6 cm³/mol. The Hall–Kier alpha value is -1.46. The van der Waals surface area contributed by atoms with Crippen LogP contribution in [0.3, 0.4) is 0 Å². The molecule has 0 radical (unpaired) electrons. The van der Waals surface area contributed by atoms with Crippen molar-refractivity contribution >= 4 is 5.91 Å². The largest absolute Gasteiger partial charge is 0.386 e. The highest BCUT2D eigenvalue weighted by molar-refractivity contribution is 5.79. The Morgan fingerprint density at radius 2 is 2.30 bits per heavy atom. The van der Waals surface area contributed by atoms with Crippen LogP contribution in [-0.2, 0) is 4.79 Å². The second kappa shape index (κ2) is 6.81. The molecule has 4 nitrogen and oxygen atoms in total. The Bertz CT molecular complexity index is 467. The zero-order valence-corrected chi connectivity index (χ0v) is 11.7. The van der Waals surface area contributed by atoms with Crippen LogP contribution in [-0.4, -0.2) is 42.6 Å². The van der Waals surface area contributed by atoms with Crippen LogP contribution in [0.25, 0.3) is 0 Å². The third-order valence-electron chi connectivity index (χ3n) is 3.73. The number of aliphatic hydroxyl groups is 1. The molecule has 1 heterocycles. The highest BCUT2D eigenvalue weighted by Gasteiger charge is 2.24. The smallest absolute Gasteiger partial charge is 0.224 e. The third kappa shape index (κ3) is 3.77. The number of likely N-dealkylation sites (tertiary alicyclic amines) is 1. The van der Waals surface area contributed by atoms with Crippen molar-refractivity contribution in [3.63, 3.8) is 0 Å². The molecule has 1 aliphatic heterocycles. The molecule has 1 amide bonds. The first-order valence-corrected chi connectivity index (χ1v) is 6.96. The van der Waals surface area contributed by atoms with Crippen molar-refractivity contribution in [3.8, 4) is 0 Å². The lowest BCUT2D eigenvalue weighted by Gasteiger charge is -2.29. The van der Waals surface area contributed by atoms with Crippen LogP contribution in [0.15, 0.2) is 24.3 Å². The van der Waals surface area contributed by atoms with E-state index in [-0.39, 0.29) is 23.9 Å². The Balaban J connectivity index is 1.85. The lowest BCUT2D eigenvalue weighted by molar-refractivity contribution is -0.127. The average molecular weight is 280 g/mol. The molecule has 0 aromatic heterocycles. The van der Waals surface area contributed by atoms with Gasteiger partial charge in [0.2, 0.25) is 5.91 Å². The number of carbonyl (C=O) groups excluding carboxylic acids is 1. The van der Waals surface area contributed by atoms with Crippen molar-refractivity contribution in [2.75, 3.05) is 26.7 Å². The minimum atomic E-state index is -1.01. The molecule has 1 aromatic rings. The second-order valence-corrected chi connectivity index (χ2v) is 5.38. The summed E-state index contributed by atoms with van der Waals surface area (Å²) in [6.07, 6.45) is 0.859. The molecule has 0 aliphatic carbocycles. The summed E-state index contributed by atoms with van der Waals surface area (Å²) in [5.74, 6) is -0.555. The Morgan fingerprint density at radius 1 is 1.55 bits per heavy atom. The average Bonchev–Trinajstić information content (AvgIpc) is 2.45. The van der Waals surface area contributed by atoms with Crippen molar-refractivity contribution in [2.45, 2.75) is 18.9 Å². The van der Waals surface area contributed by atoms with Crippen molar-refractivity contribution in [3.05, 3.63) is 35.6 Å². The summed E-state index contributed by atoms with van der Waals surface area (Å²) in [6, 6.07) is 6.07. The number of rotatable bonds is 4. The van der Waals surface area contributed by atoms with E-state index in [2.05, 4.69) is 10.2 Å². The lowest BCUT2D eigenvalue weighted by Crippen LogP contribution is -2.42. The standard InChI is InChI=1S/C15H21FN2O2/c1-18-8-4-5-11(10-18)15(20)17-9-14(19)12-6-2-3-7-13(12)16/h2-3,6-7,11,14,19H,4-5,8-10H2,1H3,(H,17,20). The molecular weight excluding hydrogens is 259 g/mol. The summed E-state index contributed by atoms with van der Waals surface area (Å²) < 4.78 is 13.5. The van der Waals surface area contributed by atoms with E-state index >= 15 is 0 Å². The van der Waals surface area contributed by atoms with Crippen LogP contribution in [0.1, 0.15) is 24.5 Å². The molecule has 0 spiro atoms. The fourth-order valence-corrected chi connectivity index (χ4v) is 2.58. The van der Waals surface area contributed by atoms with E-state index in [1.165, 1.54) is 12.1 Å². The molecule has 0 saturated carbocycles. The van der Waals surface area contributed by atoms with E-state index in [4.69, 9.17) is 0 Å². The first kappa shape index (κ1) is 14.9. The second-order valence-electron chi connectivity index (χ2n) is 5.38. The maximum Gasteiger partial charge on any atom is 0.224 e. The number of amides is 1. The molecule has 110 valence electrons. The van der Waals surface area contributed by atoms with E-state index in [1.807, 2.05) is 7.05 Å². The quantitative estimate of drug-likeness (QED) is 0.874. The van der Waals surface area contributed by atoms with Crippen LogP contribution in [0, 0.1) is 11.7 Å². The topological polar surface area (TPSA) is 52.6 Å². The first-order valence-electron chi connectivity index (χ1n) is 6.96. The first-order chi connectivity index (χ1) is 9.58. The van der Waals surface area contributed by atoms with Crippen LogP contribution in [0.4, 0.5) is 4.39 Å². The Morgan fingerprint density at radius 3 is 3.00 bits per heavy atom. The fraction of sp³-hybridized carbons (Fsp3) is 0.533. The minimum Gasteiger partial charge on any atom is -0.386 e. The van der Waals surface area contributed by atoms with Gasteiger partial charge in [0.25, 0.3) is 0 Å². The molecular formula is C15H21FN2O2. The van der Waals surface area contributed by atoms with Gasteiger partial charge in [-0.25, -0.2) is 4.39 Å². The summed E-state index contributed by atoms with van der Waals surface area (Å²) in [7, 11) is 1.99. The fourth-order valence-electron chi connectivity index (χ4n) is 2.58. The van der Waals surface area contributed by atoms with Gasteiger partial charge in [0.05, 0.1) is 12.0 Å². The number of hydrogen-bond acceptors (Lipinski definition) is 3. The summed E-state index contributed by atoms with van der Waals surface area (Å²) in [4.78, 5) is 14.1. The van der Waals surface area contributed by atoms with E-state index in [1.54, 1.807) is 12.1 Å². The monoisotopic (exact) mass is 280 g/mol. The number of piperidine rings is 1. The number of nitrogens with one attached hydrogen (secondary N) is 1. The molecule has 1 saturated heterocycles. The molecule has 5 heteroatoms. The van der Waals surface area contributed by atoms with Crippen molar-refractivity contribution in [1.29, 1.82) is 0 Å². The molecule has 1 fully saturated rings. The van der Waals surface area contributed by atoms with Crippen LogP contribution in [0.5, 0.6) is 0 Å². The molecule has 2 rings (SSSR count). The van der Waals surface area contributed by atoms with Gasteiger partial charge in [0, 0.05) is 18.7 Å². The van der Waals surface area contributed by atoms with E-state index in [0.717, 1.165) is 25.9 Å². The van der Waals surface area contributed by atoms with Gasteiger partial charge in [-0.2, -0.15) is 0 Å². The number of hydrogen-bond donors (Lipinski definition) is 2. The predicted octanol–water partition coefficient (Wildman–Crippen LogP) is 1.32. The summed E-state index contributed by atoms with van der Waals surface area (Å²) >= 11 is 0. The number of aliphatic hydroxyl groups excluding tert-OH is 1. The third-order valence-corrected chi connectivity index (χ3v) is 3.73. The van der Waals surface area contributed by atoms with E-state index in [0.29, 0.717) is 0 Å². The van der Waals surface area contributed by atoms with Gasteiger partial charge < -0.3 is 15.3 Å². The highest BCUT2D eigenvalue weighted by atomic mass is 19.1. The van der Waals surface area contributed by atoms with Gasteiger partial charge in [-0.15, -0.1) is 0 Å². The Labute approximate surface area is 118 Å². The van der Waals surface area contributed by atoms with Gasteiger partial charge in [0.1, 0.15) is 5.82 Å². The normalized spacial score (nSPS) is 21.4.